The van der Waals surface area contributed by atoms with Gasteiger partial charge >= 0.3 is 5.97 Å². The molecular formula is C53H56N6O12. The minimum atomic E-state index is -1.23. The van der Waals surface area contributed by atoms with Gasteiger partial charge < -0.3 is 43.2 Å². The van der Waals surface area contributed by atoms with Gasteiger partial charge in [0.1, 0.15) is 41.2 Å². The van der Waals surface area contributed by atoms with Crippen molar-refractivity contribution in [2.75, 3.05) is 34.5 Å². The second kappa shape index (κ2) is 21.6. The first-order chi connectivity index (χ1) is 34.2. The maximum atomic E-state index is 13.4. The molecule has 6 atom stereocenters. The van der Waals surface area contributed by atoms with Gasteiger partial charge in [0.05, 0.1) is 38.5 Å². The van der Waals surface area contributed by atoms with E-state index in [0.29, 0.717) is 22.8 Å². The number of aliphatic hydroxyl groups excluding tert-OH is 1. The van der Waals surface area contributed by atoms with Crippen LogP contribution < -0.4 is 19.5 Å². The molecule has 0 aromatic heterocycles. The van der Waals surface area contributed by atoms with Crippen LogP contribution in [0.1, 0.15) is 55.0 Å². The number of rotatable bonds is 17. The fraction of sp³-hybridized carbons (Fsp3) is 0.340. The van der Waals surface area contributed by atoms with Gasteiger partial charge in [0.25, 0.3) is 11.6 Å². The summed E-state index contributed by atoms with van der Waals surface area (Å²) in [6.45, 7) is 5.78. The minimum absolute atomic E-state index is 0.0713. The third-order valence-electron chi connectivity index (χ3n) is 12.5. The molecule has 0 radical (unpaired) electrons. The first-order valence-corrected chi connectivity index (χ1v) is 23.0. The van der Waals surface area contributed by atoms with E-state index in [-0.39, 0.29) is 49.0 Å². The summed E-state index contributed by atoms with van der Waals surface area (Å²) in [7, 11) is 4.65. The van der Waals surface area contributed by atoms with Crippen molar-refractivity contribution in [1.82, 2.24) is 10.2 Å². The largest absolute Gasteiger partial charge is 0.497 e. The summed E-state index contributed by atoms with van der Waals surface area (Å²) in [5.41, 5.74) is 2.77. The number of benzene rings is 5. The molecule has 370 valence electrons. The number of ether oxygens (including phenoxy) is 7. The number of nitrogens with one attached hydrogen (secondary N) is 1. The van der Waals surface area contributed by atoms with E-state index in [1.807, 2.05) is 91.0 Å². The SMILES string of the molecule is COc1ccc(C(OC[C@H]2O[C@@H](N3C=N[C@H]4C(OC(=O)CCc5ccc([N+](=O)[O-])cc5)=NC(NC(=O)COc5ccc(C(C)(C)C)cc5)=N[C@H]43)[C@H](OC)[C@@H]2O)(c2ccccc2)c2ccc(OC)cc2)cc1. The van der Waals surface area contributed by atoms with E-state index in [2.05, 4.69) is 36.1 Å². The van der Waals surface area contributed by atoms with Crippen molar-refractivity contribution in [3.8, 4) is 17.2 Å². The summed E-state index contributed by atoms with van der Waals surface area (Å²) in [5, 5.41) is 25.8. The molecule has 0 aliphatic carbocycles. The van der Waals surface area contributed by atoms with Crippen LogP contribution in [0.25, 0.3) is 0 Å². The highest BCUT2D eigenvalue weighted by molar-refractivity contribution is 6.08. The fourth-order valence-corrected chi connectivity index (χ4v) is 8.66. The maximum absolute atomic E-state index is 13.4. The monoisotopic (exact) mass is 968 g/mol. The number of non-ortho nitro benzene ring substituents is 1. The molecule has 0 bridgehead atoms. The number of fused-ring (bicyclic) bond motifs is 1. The van der Waals surface area contributed by atoms with Crippen molar-refractivity contribution in [2.24, 2.45) is 15.0 Å². The summed E-state index contributed by atoms with van der Waals surface area (Å²) < 4.78 is 42.4. The van der Waals surface area contributed by atoms with Crippen molar-refractivity contribution in [1.29, 1.82) is 0 Å². The number of aliphatic hydroxyl groups is 1. The number of amides is 1. The lowest BCUT2D eigenvalue weighted by Gasteiger charge is -2.37. The molecule has 0 unspecified atom stereocenters. The number of hydrogen-bond donors (Lipinski definition) is 2. The summed E-state index contributed by atoms with van der Waals surface area (Å²) in [6.07, 6.45) is -3.62. The average molecular weight is 969 g/mol. The van der Waals surface area contributed by atoms with Gasteiger partial charge in [-0.25, -0.2) is 4.99 Å². The Hall–Kier alpha value is -7.51. The Bertz CT molecular complexity index is 2700. The van der Waals surface area contributed by atoms with Crippen LogP contribution in [0.5, 0.6) is 17.2 Å². The number of nitro groups is 1. The molecule has 18 nitrogen and oxygen atoms in total. The summed E-state index contributed by atoms with van der Waals surface area (Å²) in [6, 6.07) is 37.2. The van der Waals surface area contributed by atoms with E-state index >= 15 is 0 Å². The van der Waals surface area contributed by atoms with Gasteiger partial charge in [0.15, 0.2) is 25.0 Å². The Balaban J connectivity index is 1.04. The fourth-order valence-electron chi connectivity index (χ4n) is 8.66. The van der Waals surface area contributed by atoms with Crippen LogP contribution in [0, 0.1) is 10.1 Å². The predicted octanol–water partition coefficient (Wildman–Crippen LogP) is 6.50. The quantitative estimate of drug-likeness (QED) is 0.0442. The van der Waals surface area contributed by atoms with E-state index in [4.69, 9.17) is 38.2 Å². The molecule has 0 spiro atoms. The number of aryl methyl sites for hydroxylation is 1. The minimum Gasteiger partial charge on any atom is -0.497 e. The Morgan fingerprint density at radius 3 is 1.97 bits per heavy atom. The second-order valence-corrected chi connectivity index (χ2v) is 18.1. The number of aliphatic imine (C=N–C) groups is 3. The first kappa shape index (κ1) is 49.9. The zero-order valence-electron chi connectivity index (χ0n) is 40.2. The molecule has 1 amide bonds. The summed E-state index contributed by atoms with van der Waals surface area (Å²) in [5.74, 6) is 0.209. The molecule has 5 aromatic rings. The molecule has 0 saturated carbocycles. The number of carbonyl (C=O) groups excluding carboxylic acids is 2. The van der Waals surface area contributed by atoms with Crippen LogP contribution >= 0.6 is 0 Å². The Morgan fingerprint density at radius 1 is 0.803 bits per heavy atom. The first-order valence-electron chi connectivity index (χ1n) is 23.0. The Kier molecular flexibility index (Phi) is 15.2. The zero-order chi connectivity index (χ0) is 50.3. The smallest absolute Gasteiger partial charge is 0.312 e. The Labute approximate surface area is 411 Å². The molecule has 71 heavy (non-hydrogen) atoms. The van der Waals surface area contributed by atoms with Gasteiger partial charge in [-0.2, -0.15) is 4.99 Å². The van der Waals surface area contributed by atoms with Gasteiger partial charge in [-0.3, -0.25) is 30.0 Å². The molecule has 3 aliphatic heterocycles. The molecule has 1 saturated heterocycles. The number of carbonyl (C=O) groups is 2. The molecule has 3 aliphatic rings. The van der Waals surface area contributed by atoms with Crippen molar-refractivity contribution >= 4 is 35.8 Å². The van der Waals surface area contributed by atoms with Crippen molar-refractivity contribution in [2.45, 2.75) is 81.4 Å². The number of guanidine groups is 1. The van der Waals surface area contributed by atoms with Crippen LogP contribution in [-0.4, -0.2) is 116 Å². The topological polar surface area (TPSA) is 214 Å². The predicted molar refractivity (Wildman–Crippen MR) is 263 cm³/mol. The molecule has 3 heterocycles. The van der Waals surface area contributed by atoms with E-state index in [9.17, 15) is 24.8 Å². The summed E-state index contributed by atoms with van der Waals surface area (Å²) in [4.78, 5) is 53.0. The van der Waals surface area contributed by atoms with Gasteiger partial charge in [0, 0.05) is 19.2 Å². The standard InChI is InChI=1S/C53H56N6O12/c1-52(2,3)34-15-27-41(28-16-34)68-31-43(60)55-51-56-48-45(49(57-51)71-44(61)29-14-33-12-21-38(22-13-33)59(63)64)54-32-58(48)50-47(67-6)46(62)42(70-50)30-69-53(35-10-8-7-9-11-35,36-17-23-39(65-4)24-18-36)37-19-25-40(66-5)26-20-37/h7-13,15-28,32,42,45-48,50,62H,14,29-31H2,1-6H3,(H,55,56,60)/t42-,45-,46-,47-,48+,50-/m1/s1. The third kappa shape index (κ3) is 11.1. The lowest BCUT2D eigenvalue weighted by atomic mass is 9.80. The van der Waals surface area contributed by atoms with E-state index in [1.165, 1.54) is 25.6 Å². The molecule has 1 fully saturated rings. The van der Waals surface area contributed by atoms with Crippen molar-refractivity contribution in [3.63, 3.8) is 0 Å². The van der Waals surface area contributed by atoms with Crippen LogP contribution in [0.3, 0.4) is 0 Å². The number of esters is 1. The van der Waals surface area contributed by atoms with Crippen LogP contribution in [-0.2, 0) is 46.0 Å². The lowest BCUT2D eigenvalue weighted by Crippen LogP contribution is -2.53. The van der Waals surface area contributed by atoms with Gasteiger partial charge in [-0.1, -0.05) is 99.6 Å². The number of nitro benzene ring substituents is 1. The highest BCUT2D eigenvalue weighted by Gasteiger charge is 2.53. The normalized spacial score (nSPS) is 20.6. The lowest BCUT2D eigenvalue weighted by molar-refractivity contribution is -0.384. The van der Waals surface area contributed by atoms with Crippen LogP contribution in [0.4, 0.5) is 5.69 Å². The van der Waals surface area contributed by atoms with E-state index in [1.54, 1.807) is 43.4 Å². The molecule has 8 rings (SSSR count). The van der Waals surface area contributed by atoms with Crippen molar-refractivity contribution in [3.05, 3.63) is 165 Å². The van der Waals surface area contributed by atoms with Gasteiger partial charge in [-0.15, -0.1) is 0 Å². The van der Waals surface area contributed by atoms with E-state index in [0.717, 1.165) is 22.3 Å². The molecule has 5 aromatic carbocycles. The van der Waals surface area contributed by atoms with Crippen LogP contribution in [0.15, 0.2) is 142 Å². The average Bonchev–Trinajstić information content (AvgIpc) is 3.95. The number of methoxy groups -OCH3 is 3. The number of nitrogens with zero attached hydrogens (tertiary/aromatic N) is 5. The van der Waals surface area contributed by atoms with Crippen LogP contribution in [0.2, 0.25) is 0 Å². The highest BCUT2D eigenvalue weighted by atomic mass is 16.6. The number of hydrogen-bond acceptors (Lipinski definition) is 16. The maximum Gasteiger partial charge on any atom is 0.312 e. The van der Waals surface area contributed by atoms with E-state index < -0.39 is 59.1 Å². The molecule has 2 N–H and O–H groups in total. The second-order valence-electron chi connectivity index (χ2n) is 18.1. The van der Waals surface area contributed by atoms with Crippen molar-refractivity contribution < 1.29 is 52.8 Å². The molecule has 18 heteroatoms. The highest BCUT2D eigenvalue weighted by Crippen LogP contribution is 2.43. The zero-order valence-corrected chi connectivity index (χ0v) is 40.2. The van der Waals surface area contributed by atoms with Gasteiger partial charge in [-0.05, 0) is 76.1 Å². The van der Waals surface area contributed by atoms with Gasteiger partial charge in [0.2, 0.25) is 11.9 Å². The molecular weight excluding hydrogens is 913 g/mol. The summed E-state index contributed by atoms with van der Waals surface area (Å²) >= 11 is 0. The third-order valence-corrected chi connectivity index (χ3v) is 12.5. The Morgan fingerprint density at radius 2 is 1.39 bits per heavy atom.